The zero-order valence-electron chi connectivity index (χ0n) is 12.1. The summed E-state index contributed by atoms with van der Waals surface area (Å²) in [5.74, 6) is 0. The summed E-state index contributed by atoms with van der Waals surface area (Å²) in [5.41, 5.74) is 2.43. The van der Waals surface area contributed by atoms with Crippen molar-refractivity contribution in [1.29, 1.82) is 0 Å². The van der Waals surface area contributed by atoms with Gasteiger partial charge in [0, 0.05) is 0 Å². The summed E-state index contributed by atoms with van der Waals surface area (Å²) in [7, 11) is 0. The maximum Gasteiger partial charge on any atom is 0.0717 e. The van der Waals surface area contributed by atoms with Gasteiger partial charge in [-0.1, -0.05) is 72.8 Å². The highest BCUT2D eigenvalue weighted by Crippen LogP contribution is 2.35. The molecule has 0 saturated carbocycles. The fraction of sp³-hybridized carbons (Fsp3) is 0.263. The van der Waals surface area contributed by atoms with E-state index in [1.807, 2.05) is 36.4 Å². The molecule has 0 aliphatic heterocycles. The summed E-state index contributed by atoms with van der Waals surface area (Å²) in [5, 5.41) is 0. The molecule has 2 aromatic rings. The van der Waals surface area contributed by atoms with Crippen molar-refractivity contribution < 1.29 is 9.47 Å². The van der Waals surface area contributed by atoms with E-state index in [9.17, 15) is 0 Å². The number of rotatable bonds is 8. The Morgan fingerprint density at radius 3 is 1.43 bits per heavy atom. The Labute approximate surface area is 126 Å². The van der Waals surface area contributed by atoms with Crippen molar-refractivity contribution in [3.8, 4) is 0 Å². The molecule has 0 saturated heterocycles. The molecule has 1 aliphatic rings. The van der Waals surface area contributed by atoms with E-state index in [1.165, 1.54) is 11.1 Å². The SMILES string of the molecule is C1=CC1(COCc1ccccc1)COCc1ccccc1. The molecule has 108 valence electrons. The van der Waals surface area contributed by atoms with Gasteiger partial charge in [-0.3, -0.25) is 0 Å². The van der Waals surface area contributed by atoms with Gasteiger partial charge in [0.2, 0.25) is 0 Å². The largest absolute Gasteiger partial charge is 0.375 e. The molecule has 0 spiro atoms. The molecule has 0 heterocycles. The van der Waals surface area contributed by atoms with Gasteiger partial charge in [-0.25, -0.2) is 0 Å². The highest BCUT2D eigenvalue weighted by molar-refractivity contribution is 5.26. The molecule has 0 bridgehead atoms. The molecule has 1 aliphatic carbocycles. The molecule has 3 rings (SSSR count). The third-order valence-electron chi connectivity index (χ3n) is 3.60. The minimum Gasteiger partial charge on any atom is -0.375 e. The van der Waals surface area contributed by atoms with E-state index in [0.717, 1.165) is 0 Å². The van der Waals surface area contributed by atoms with Crippen LogP contribution in [0.2, 0.25) is 0 Å². The smallest absolute Gasteiger partial charge is 0.0717 e. The van der Waals surface area contributed by atoms with E-state index in [1.54, 1.807) is 0 Å². The van der Waals surface area contributed by atoms with E-state index >= 15 is 0 Å². The standard InChI is InChI=1S/C19H20O2/c1-3-7-17(8-4-1)13-20-15-19(11-12-19)16-21-14-18-9-5-2-6-10-18/h1-12H,13-16H2. The predicted octanol–water partition coefficient (Wildman–Crippen LogP) is 3.98. The molecular formula is C19H20O2. The molecule has 0 fully saturated rings. The first-order valence-corrected chi connectivity index (χ1v) is 7.30. The molecule has 2 nitrogen and oxygen atoms in total. The lowest BCUT2D eigenvalue weighted by molar-refractivity contribution is 0.0263. The van der Waals surface area contributed by atoms with Crippen LogP contribution in [0.3, 0.4) is 0 Å². The summed E-state index contributed by atoms with van der Waals surface area (Å²) in [6.07, 6.45) is 4.34. The molecule has 2 aromatic carbocycles. The summed E-state index contributed by atoms with van der Waals surface area (Å²) < 4.78 is 11.6. The van der Waals surface area contributed by atoms with Crippen LogP contribution < -0.4 is 0 Å². The number of hydrogen-bond acceptors (Lipinski definition) is 2. The second kappa shape index (κ2) is 6.70. The minimum atomic E-state index is 0.0174. The van der Waals surface area contributed by atoms with Gasteiger partial charge in [0.1, 0.15) is 0 Å². The van der Waals surface area contributed by atoms with Crippen molar-refractivity contribution in [2.45, 2.75) is 13.2 Å². The van der Waals surface area contributed by atoms with Gasteiger partial charge >= 0.3 is 0 Å². The quantitative estimate of drug-likeness (QED) is 0.681. The maximum atomic E-state index is 5.81. The molecule has 0 aromatic heterocycles. The lowest BCUT2D eigenvalue weighted by Gasteiger charge is -2.16. The molecule has 0 N–H and O–H groups in total. The number of ether oxygens (including phenoxy) is 2. The average Bonchev–Trinajstić information content (AvgIpc) is 3.30. The topological polar surface area (TPSA) is 18.5 Å². The average molecular weight is 280 g/mol. The van der Waals surface area contributed by atoms with Gasteiger partial charge in [0.15, 0.2) is 0 Å². The summed E-state index contributed by atoms with van der Waals surface area (Å²) in [6.45, 7) is 2.69. The van der Waals surface area contributed by atoms with Crippen LogP contribution in [-0.2, 0) is 22.7 Å². The molecule has 0 unspecified atom stereocenters. The Morgan fingerprint density at radius 1 is 0.619 bits per heavy atom. The van der Waals surface area contributed by atoms with E-state index in [2.05, 4.69) is 36.4 Å². The van der Waals surface area contributed by atoms with Crippen LogP contribution in [0.1, 0.15) is 11.1 Å². The van der Waals surface area contributed by atoms with E-state index in [-0.39, 0.29) is 5.41 Å². The Morgan fingerprint density at radius 2 is 1.05 bits per heavy atom. The van der Waals surface area contributed by atoms with E-state index < -0.39 is 0 Å². The normalized spacial score (nSPS) is 15.0. The third-order valence-corrected chi connectivity index (χ3v) is 3.60. The fourth-order valence-corrected chi connectivity index (χ4v) is 2.22. The Balaban J connectivity index is 1.37. The molecule has 2 heteroatoms. The first-order chi connectivity index (χ1) is 10.4. The second-order valence-electron chi connectivity index (χ2n) is 5.52. The van der Waals surface area contributed by atoms with Gasteiger partial charge in [-0.15, -0.1) is 0 Å². The monoisotopic (exact) mass is 280 g/mol. The first kappa shape index (κ1) is 14.1. The van der Waals surface area contributed by atoms with Gasteiger partial charge in [-0.05, 0) is 11.1 Å². The van der Waals surface area contributed by atoms with Gasteiger partial charge in [0.05, 0.1) is 31.8 Å². The van der Waals surface area contributed by atoms with Gasteiger partial charge in [-0.2, -0.15) is 0 Å². The minimum absolute atomic E-state index is 0.0174. The number of hydrogen-bond donors (Lipinski definition) is 0. The van der Waals surface area contributed by atoms with Crippen molar-refractivity contribution in [2.24, 2.45) is 5.41 Å². The fourth-order valence-electron chi connectivity index (χ4n) is 2.22. The third kappa shape index (κ3) is 4.28. The van der Waals surface area contributed by atoms with Crippen LogP contribution in [0.15, 0.2) is 72.8 Å². The van der Waals surface area contributed by atoms with Crippen LogP contribution in [0.5, 0.6) is 0 Å². The molecular weight excluding hydrogens is 260 g/mol. The lowest BCUT2D eigenvalue weighted by Crippen LogP contribution is -2.19. The van der Waals surface area contributed by atoms with Crippen LogP contribution in [-0.4, -0.2) is 13.2 Å². The van der Waals surface area contributed by atoms with Crippen LogP contribution in [0.4, 0.5) is 0 Å². The van der Waals surface area contributed by atoms with E-state index in [0.29, 0.717) is 26.4 Å². The first-order valence-electron chi connectivity index (χ1n) is 7.30. The highest BCUT2D eigenvalue weighted by atomic mass is 16.5. The summed E-state index contributed by atoms with van der Waals surface area (Å²) in [6, 6.07) is 20.5. The Hall–Kier alpha value is -1.90. The van der Waals surface area contributed by atoms with Crippen molar-refractivity contribution in [2.75, 3.05) is 13.2 Å². The summed E-state index contributed by atoms with van der Waals surface area (Å²) in [4.78, 5) is 0. The zero-order chi connectivity index (χ0) is 14.4. The zero-order valence-corrected chi connectivity index (χ0v) is 12.1. The van der Waals surface area contributed by atoms with Crippen LogP contribution >= 0.6 is 0 Å². The summed E-state index contributed by atoms with van der Waals surface area (Å²) >= 11 is 0. The number of benzene rings is 2. The Kier molecular flexibility index (Phi) is 4.49. The van der Waals surface area contributed by atoms with Crippen LogP contribution in [0, 0.1) is 5.41 Å². The second-order valence-corrected chi connectivity index (χ2v) is 5.52. The Bertz CT molecular complexity index is 522. The van der Waals surface area contributed by atoms with Crippen molar-refractivity contribution in [1.82, 2.24) is 0 Å². The van der Waals surface area contributed by atoms with Crippen LogP contribution in [0.25, 0.3) is 0 Å². The molecule has 0 amide bonds. The van der Waals surface area contributed by atoms with Crippen molar-refractivity contribution in [3.05, 3.63) is 83.9 Å². The van der Waals surface area contributed by atoms with Gasteiger partial charge < -0.3 is 9.47 Å². The molecule has 0 radical (unpaired) electrons. The highest BCUT2D eigenvalue weighted by Gasteiger charge is 2.34. The predicted molar refractivity (Wildman–Crippen MR) is 83.8 cm³/mol. The molecule has 0 atom stereocenters. The lowest BCUT2D eigenvalue weighted by atomic mass is 10.1. The van der Waals surface area contributed by atoms with Gasteiger partial charge in [0.25, 0.3) is 0 Å². The van der Waals surface area contributed by atoms with Crippen molar-refractivity contribution >= 4 is 0 Å². The van der Waals surface area contributed by atoms with Crippen molar-refractivity contribution in [3.63, 3.8) is 0 Å². The van der Waals surface area contributed by atoms with E-state index in [4.69, 9.17) is 9.47 Å². The maximum absolute atomic E-state index is 5.81. The molecule has 21 heavy (non-hydrogen) atoms.